The van der Waals surface area contributed by atoms with Crippen molar-refractivity contribution in [1.29, 1.82) is 5.26 Å². The lowest BCUT2D eigenvalue weighted by atomic mass is 9.93. The molecule has 1 unspecified atom stereocenters. The third-order valence-corrected chi connectivity index (χ3v) is 2.88. The Morgan fingerprint density at radius 2 is 2.38 bits per heavy atom. The molecule has 1 rings (SSSR count). The first-order chi connectivity index (χ1) is 7.47. The number of nitrogens with one attached hydrogen (secondary N) is 1. The maximum Gasteiger partial charge on any atom is 0.182 e. The second-order valence-electron chi connectivity index (χ2n) is 4.54. The molecule has 0 aliphatic carbocycles. The number of aldehydes is 1. The monoisotopic (exact) mass is 237 g/mol. The quantitative estimate of drug-likeness (QED) is 0.815. The normalized spacial score (nSPS) is 12.9. The molecule has 4 nitrogen and oxygen atoms in total. The van der Waals surface area contributed by atoms with Gasteiger partial charge in [-0.15, -0.1) is 11.3 Å². The standard InChI is InChI=1S/C11H15N3OS/c1-11(2,3)9-7-16-10(14-9)13-5-8(4-12)6-15/h6-8H,5H2,1-3H3,(H,13,14). The van der Waals surface area contributed by atoms with Crippen LogP contribution in [0.5, 0.6) is 0 Å². The summed E-state index contributed by atoms with van der Waals surface area (Å²) in [5.74, 6) is -0.609. The zero-order valence-electron chi connectivity index (χ0n) is 9.65. The molecule has 0 saturated carbocycles. The van der Waals surface area contributed by atoms with Crippen LogP contribution in [-0.4, -0.2) is 17.8 Å². The minimum absolute atomic E-state index is 0.0235. The van der Waals surface area contributed by atoms with Crippen molar-refractivity contribution < 1.29 is 4.79 Å². The highest BCUT2D eigenvalue weighted by Crippen LogP contribution is 2.26. The van der Waals surface area contributed by atoms with Crippen LogP contribution in [0.15, 0.2) is 5.38 Å². The minimum Gasteiger partial charge on any atom is -0.360 e. The Balaban J connectivity index is 2.60. The summed E-state index contributed by atoms with van der Waals surface area (Å²) in [5, 5.41) is 14.3. The molecule has 86 valence electrons. The molecule has 0 saturated heterocycles. The molecule has 0 fully saturated rings. The van der Waals surface area contributed by atoms with Gasteiger partial charge in [-0.05, 0) is 0 Å². The largest absolute Gasteiger partial charge is 0.360 e. The Bertz CT molecular complexity index is 400. The second-order valence-corrected chi connectivity index (χ2v) is 5.40. The van der Waals surface area contributed by atoms with Gasteiger partial charge in [0.25, 0.3) is 0 Å². The lowest BCUT2D eigenvalue weighted by Gasteiger charge is -2.14. The molecule has 1 heterocycles. The number of hydrogen-bond donors (Lipinski definition) is 1. The summed E-state index contributed by atoms with van der Waals surface area (Å²) in [7, 11) is 0. The molecule has 1 aromatic heterocycles. The number of anilines is 1. The lowest BCUT2D eigenvalue weighted by molar-refractivity contribution is -0.109. The van der Waals surface area contributed by atoms with Crippen LogP contribution in [0.25, 0.3) is 0 Å². The molecule has 5 heteroatoms. The molecule has 1 aromatic rings. The molecule has 0 bridgehead atoms. The SMILES string of the molecule is CC(C)(C)c1csc(NCC(C#N)C=O)n1. The second kappa shape index (κ2) is 5.08. The lowest BCUT2D eigenvalue weighted by Crippen LogP contribution is -2.15. The molecule has 1 atom stereocenters. The average Bonchev–Trinajstić information content (AvgIpc) is 2.67. The van der Waals surface area contributed by atoms with Crippen molar-refractivity contribution in [3.05, 3.63) is 11.1 Å². The number of carbonyl (C=O) groups excluding carboxylic acids is 1. The van der Waals surface area contributed by atoms with Gasteiger partial charge in [-0.2, -0.15) is 5.26 Å². The van der Waals surface area contributed by atoms with Gasteiger partial charge in [0, 0.05) is 17.3 Å². The Morgan fingerprint density at radius 1 is 1.69 bits per heavy atom. The molecule has 0 aliphatic rings. The fourth-order valence-electron chi connectivity index (χ4n) is 1.02. The molecule has 1 N–H and O–H groups in total. The number of aromatic nitrogens is 1. The zero-order chi connectivity index (χ0) is 12.2. The van der Waals surface area contributed by atoms with E-state index in [4.69, 9.17) is 5.26 Å². The Kier molecular flexibility index (Phi) is 4.02. The van der Waals surface area contributed by atoms with Crippen molar-refractivity contribution in [2.75, 3.05) is 11.9 Å². The van der Waals surface area contributed by atoms with Gasteiger partial charge in [0.1, 0.15) is 12.2 Å². The van der Waals surface area contributed by atoms with Crippen molar-refractivity contribution in [3.63, 3.8) is 0 Å². The summed E-state index contributed by atoms with van der Waals surface area (Å²) in [6, 6.07) is 1.91. The number of hydrogen-bond acceptors (Lipinski definition) is 5. The van der Waals surface area contributed by atoms with Crippen LogP contribution >= 0.6 is 11.3 Å². The molecule has 0 radical (unpaired) electrons. The van der Waals surface area contributed by atoms with E-state index in [1.54, 1.807) is 0 Å². The van der Waals surface area contributed by atoms with Crippen LogP contribution in [0.1, 0.15) is 26.5 Å². The molecular formula is C11H15N3OS. The third-order valence-electron chi connectivity index (χ3n) is 2.08. The van der Waals surface area contributed by atoms with Crippen LogP contribution in [0, 0.1) is 17.2 Å². The van der Waals surface area contributed by atoms with Crippen LogP contribution in [0.3, 0.4) is 0 Å². The van der Waals surface area contributed by atoms with Crippen LogP contribution in [0.4, 0.5) is 5.13 Å². The van der Waals surface area contributed by atoms with Crippen molar-refractivity contribution in [2.45, 2.75) is 26.2 Å². The van der Waals surface area contributed by atoms with Gasteiger partial charge in [-0.25, -0.2) is 4.98 Å². The molecule has 0 spiro atoms. The predicted octanol–water partition coefficient (Wildman–Crippen LogP) is 2.19. The number of carbonyl (C=O) groups is 1. The van der Waals surface area contributed by atoms with Gasteiger partial charge in [-0.1, -0.05) is 20.8 Å². The van der Waals surface area contributed by atoms with E-state index < -0.39 is 5.92 Å². The van der Waals surface area contributed by atoms with E-state index in [0.717, 1.165) is 10.8 Å². The number of rotatable bonds is 4. The van der Waals surface area contributed by atoms with Gasteiger partial charge in [-0.3, -0.25) is 0 Å². The zero-order valence-corrected chi connectivity index (χ0v) is 10.5. The summed E-state index contributed by atoms with van der Waals surface area (Å²) in [6.45, 7) is 6.59. The van der Waals surface area contributed by atoms with Gasteiger partial charge >= 0.3 is 0 Å². The summed E-state index contributed by atoms with van der Waals surface area (Å²) < 4.78 is 0. The van der Waals surface area contributed by atoms with Crippen LogP contribution in [-0.2, 0) is 10.2 Å². The van der Waals surface area contributed by atoms with Crippen molar-refractivity contribution in [3.8, 4) is 6.07 Å². The summed E-state index contributed by atoms with van der Waals surface area (Å²) in [6.07, 6.45) is 0.644. The molecule has 0 aromatic carbocycles. The first-order valence-corrected chi connectivity index (χ1v) is 5.90. The number of thiazole rings is 1. The van der Waals surface area contributed by atoms with Crippen molar-refractivity contribution >= 4 is 22.8 Å². The number of nitriles is 1. The highest BCUT2D eigenvalue weighted by Gasteiger charge is 2.17. The summed E-state index contributed by atoms with van der Waals surface area (Å²) in [4.78, 5) is 14.8. The Hall–Kier alpha value is -1.41. The average molecular weight is 237 g/mol. The Morgan fingerprint density at radius 3 is 2.81 bits per heavy atom. The maximum absolute atomic E-state index is 10.4. The smallest absolute Gasteiger partial charge is 0.182 e. The fourth-order valence-corrected chi connectivity index (χ4v) is 1.97. The highest BCUT2D eigenvalue weighted by atomic mass is 32.1. The molecule has 0 amide bonds. The minimum atomic E-state index is -0.609. The maximum atomic E-state index is 10.4. The summed E-state index contributed by atoms with van der Waals surface area (Å²) >= 11 is 1.49. The Labute approximate surface area is 99.3 Å². The van der Waals surface area contributed by atoms with E-state index in [0.29, 0.717) is 12.8 Å². The summed E-state index contributed by atoms with van der Waals surface area (Å²) in [5.41, 5.74) is 1.04. The molecule has 0 aliphatic heterocycles. The van der Waals surface area contributed by atoms with E-state index >= 15 is 0 Å². The van der Waals surface area contributed by atoms with Crippen molar-refractivity contribution in [2.24, 2.45) is 5.92 Å². The first kappa shape index (κ1) is 12.7. The van der Waals surface area contributed by atoms with Crippen molar-refractivity contribution in [1.82, 2.24) is 4.98 Å². The predicted molar refractivity (Wildman–Crippen MR) is 64.5 cm³/mol. The van der Waals surface area contributed by atoms with E-state index in [1.807, 2.05) is 11.4 Å². The van der Waals surface area contributed by atoms with E-state index in [1.165, 1.54) is 11.3 Å². The van der Waals surface area contributed by atoms with Gasteiger partial charge in [0.05, 0.1) is 11.8 Å². The molecule has 16 heavy (non-hydrogen) atoms. The molecular weight excluding hydrogens is 222 g/mol. The fraction of sp³-hybridized carbons (Fsp3) is 0.545. The van der Waals surface area contributed by atoms with Gasteiger partial charge in [0.15, 0.2) is 5.13 Å². The van der Waals surface area contributed by atoms with E-state index in [9.17, 15) is 4.79 Å². The van der Waals surface area contributed by atoms with E-state index in [2.05, 4.69) is 31.1 Å². The third kappa shape index (κ3) is 3.31. The topological polar surface area (TPSA) is 65.8 Å². The van der Waals surface area contributed by atoms with Crippen LogP contribution < -0.4 is 5.32 Å². The van der Waals surface area contributed by atoms with Gasteiger partial charge in [0.2, 0.25) is 0 Å². The first-order valence-electron chi connectivity index (χ1n) is 5.02. The highest BCUT2D eigenvalue weighted by molar-refractivity contribution is 7.13. The van der Waals surface area contributed by atoms with Crippen LogP contribution in [0.2, 0.25) is 0 Å². The van der Waals surface area contributed by atoms with Gasteiger partial charge < -0.3 is 10.1 Å². The van der Waals surface area contributed by atoms with E-state index in [-0.39, 0.29) is 5.41 Å². The number of nitrogens with zero attached hydrogens (tertiary/aromatic N) is 2.